The Morgan fingerprint density at radius 1 is 1.21 bits per heavy atom. The van der Waals surface area contributed by atoms with Gasteiger partial charge < -0.3 is 5.32 Å². The lowest BCUT2D eigenvalue weighted by Gasteiger charge is -2.34. The van der Waals surface area contributed by atoms with Crippen LogP contribution in [0, 0.1) is 5.82 Å². The van der Waals surface area contributed by atoms with E-state index < -0.39 is 33.3 Å². The maximum absolute atomic E-state index is 13.6. The SMILES string of the molecule is CC[C@@H](C(=O)NC(C)(C)Cc1ccccc1)N(c1ccc(F)c(Cl)c1)S(C)(=O)=O. The quantitative estimate of drug-likeness (QED) is 0.670. The topological polar surface area (TPSA) is 66.5 Å². The number of carbonyl (C=O) groups is 1. The molecule has 0 spiro atoms. The number of hydrogen-bond donors (Lipinski definition) is 1. The third-order valence-corrected chi connectivity index (χ3v) is 5.91. The second-order valence-corrected chi connectivity index (χ2v) is 9.88. The fourth-order valence-corrected chi connectivity index (χ4v) is 4.63. The second-order valence-electron chi connectivity index (χ2n) is 7.62. The molecule has 0 aromatic heterocycles. The molecule has 2 rings (SSSR count). The Hall–Kier alpha value is -2.12. The lowest BCUT2D eigenvalue weighted by atomic mass is 9.94. The second kappa shape index (κ2) is 9.13. The average molecular weight is 441 g/mol. The fraction of sp³-hybridized carbons (Fsp3) is 0.381. The zero-order valence-corrected chi connectivity index (χ0v) is 18.5. The van der Waals surface area contributed by atoms with Gasteiger partial charge in [-0.2, -0.15) is 0 Å². The van der Waals surface area contributed by atoms with Crippen molar-refractivity contribution >= 4 is 33.2 Å². The van der Waals surface area contributed by atoms with Crippen LogP contribution in [0.5, 0.6) is 0 Å². The number of rotatable bonds is 8. The van der Waals surface area contributed by atoms with Crippen LogP contribution < -0.4 is 9.62 Å². The minimum atomic E-state index is -3.83. The van der Waals surface area contributed by atoms with Crippen molar-refractivity contribution in [1.82, 2.24) is 5.32 Å². The predicted molar refractivity (Wildman–Crippen MR) is 115 cm³/mol. The van der Waals surface area contributed by atoms with Crippen molar-refractivity contribution in [2.45, 2.75) is 45.2 Å². The molecule has 0 aliphatic carbocycles. The molecule has 29 heavy (non-hydrogen) atoms. The zero-order chi connectivity index (χ0) is 21.8. The number of carbonyl (C=O) groups excluding carboxylic acids is 1. The first-order chi connectivity index (χ1) is 13.4. The number of nitrogens with one attached hydrogen (secondary N) is 1. The van der Waals surface area contributed by atoms with Crippen LogP contribution >= 0.6 is 11.6 Å². The number of anilines is 1. The molecular weight excluding hydrogens is 415 g/mol. The maximum atomic E-state index is 13.6. The summed E-state index contributed by atoms with van der Waals surface area (Å²) in [5.41, 5.74) is 0.591. The first kappa shape index (κ1) is 23.2. The lowest BCUT2D eigenvalue weighted by molar-refractivity contribution is -0.123. The molecule has 0 aliphatic heterocycles. The van der Waals surface area contributed by atoms with Crippen LogP contribution in [0.25, 0.3) is 0 Å². The van der Waals surface area contributed by atoms with E-state index >= 15 is 0 Å². The normalized spacial score (nSPS) is 13.0. The van der Waals surface area contributed by atoms with Gasteiger partial charge in [-0.25, -0.2) is 12.8 Å². The van der Waals surface area contributed by atoms with Crippen molar-refractivity contribution in [1.29, 1.82) is 0 Å². The summed E-state index contributed by atoms with van der Waals surface area (Å²) in [6, 6.07) is 12.3. The Morgan fingerprint density at radius 3 is 2.34 bits per heavy atom. The van der Waals surface area contributed by atoms with Gasteiger partial charge in [0.05, 0.1) is 17.0 Å². The largest absolute Gasteiger partial charge is 0.349 e. The van der Waals surface area contributed by atoms with Gasteiger partial charge in [0.2, 0.25) is 15.9 Å². The van der Waals surface area contributed by atoms with Gasteiger partial charge in [-0.15, -0.1) is 0 Å². The van der Waals surface area contributed by atoms with Crippen LogP contribution in [0.15, 0.2) is 48.5 Å². The first-order valence-electron chi connectivity index (χ1n) is 9.25. The highest BCUT2D eigenvalue weighted by atomic mass is 35.5. The Morgan fingerprint density at radius 2 is 1.83 bits per heavy atom. The monoisotopic (exact) mass is 440 g/mol. The van der Waals surface area contributed by atoms with E-state index in [2.05, 4.69) is 5.32 Å². The van der Waals surface area contributed by atoms with Crippen molar-refractivity contribution in [3.8, 4) is 0 Å². The van der Waals surface area contributed by atoms with Crippen molar-refractivity contribution in [3.63, 3.8) is 0 Å². The predicted octanol–water partition coefficient (Wildman–Crippen LogP) is 4.16. The van der Waals surface area contributed by atoms with E-state index in [1.807, 2.05) is 44.2 Å². The van der Waals surface area contributed by atoms with Crippen molar-refractivity contribution < 1.29 is 17.6 Å². The summed E-state index contributed by atoms with van der Waals surface area (Å²) in [6.45, 7) is 5.48. The number of amides is 1. The van der Waals surface area contributed by atoms with Gasteiger partial charge in [0.15, 0.2) is 0 Å². The van der Waals surface area contributed by atoms with E-state index in [4.69, 9.17) is 11.6 Å². The van der Waals surface area contributed by atoms with E-state index in [1.54, 1.807) is 6.92 Å². The highest BCUT2D eigenvalue weighted by Gasteiger charge is 2.34. The molecule has 0 unspecified atom stereocenters. The smallest absolute Gasteiger partial charge is 0.244 e. The molecule has 5 nitrogen and oxygen atoms in total. The molecule has 2 aromatic rings. The standard InChI is InChI=1S/C21H26ClFN2O3S/c1-5-19(20(26)24-21(2,3)14-15-9-7-6-8-10-15)25(29(4,27)28)16-11-12-18(23)17(22)13-16/h6-13,19H,5,14H2,1-4H3,(H,24,26)/t19-/m0/s1. The molecule has 0 saturated heterocycles. The van der Waals surface area contributed by atoms with E-state index in [1.165, 1.54) is 12.1 Å². The zero-order valence-electron chi connectivity index (χ0n) is 16.9. The third-order valence-electron chi connectivity index (χ3n) is 4.44. The van der Waals surface area contributed by atoms with Gasteiger partial charge in [0.25, 0.3) is 0 Å². The van der Waals surface area contributed by atoms with Crippen molar-refractivity contribution in [3.05, 3.63) is 64.9 Å². The molecule has 0 bridgehead atoms. The van der Waals surface area contributed by atoms with Crippen molar-refractivity contribution in [2.24, 2.45) is 0 Å². The Labute approximate surface area is 176 Å². The van der Waals surface area contributed by atoms with Crippen LogP contribution in [0.1, 0.15) is 32.8 Å². The first-order valence-corrected chi connectivity index (χ1v) is 11.5. The molecule has 0 fully saturated rings. The van der Waals surface area contributed by atoms with Gasteiger partial charge >= 0.3 is 0 Å². The van der Waals surface area contributed by atoms with Gasteiger partial charge in [-0.05, 0) is 50.5 Å². The Bertz CT molecular complexity index is 965. The van der Waals surface area contributed by atoms with Gasteiger partial charge in [0.1, 0.15) is 11.9 Å². The number of nitrogens with zero attached hydrogens (tertiary/aromatic N) is 1. The molecule has 2 aromatic carbocycles. The van der Waals surface area contributed by atoms with Crippen molar-refractivity contribution in [2.75, 3.05) is 10.6 Å². The van der Waals surface area contributed by atoms with E-state index in [0.29, 0.717) is 6.42 Å². The third kappa shape index (κ3) is 6.18. The van der Waals surface area contributed by atoms with Crippen LogP contribution in [0.2, 0.25) is 5.02 Å². The average Bonchev–Trinajstić information content (AvgIpc) is 2.61. The van der Waals surface area contributed by atoms with Crippen LogP contribution in [0.3, 0.4) is 0 Å². The molecule has 8 heteroatoms. The van der Waals surface area contributed by atoms with Crippen LogP contribution in [-0.4, -0.2) is 32.2 Å². The van der Waals surface area contributed by atoms with Crippen LogP contribution in [-0.2, 0) is 21.2 Å². The summed E-state index contributed by atoms with van der Waals surface area (Å²) < 4.78 is 39.5. The molecule has 1 N–H and O–H groups in total. The summed E-state index contributed by atoms with van der Waals surface area (Å²) in [5.74, 6) is -1.09. The molecule has 158 valence electrons. The van der Waals surface area contributed by atoms with E-state index in [-0.39, 0.29) is 17.1 Å². The molecular formula is C21H26ClFN2O3S. The summed E-state index contributed by atoms with van der Waals surface area (Å²) in [5, 5.41) is 2.74. The van der Waals surface area contributed by atoms with Gasteiger partial charge in [-0.3, -0.25) is 9.10 Å². The van der Waals surface area contributed by atoms with E-state index in [0.717, 1.165) is 22.2 Å². The molecule has 0 radical (unpaired) electrons. The molecule has 0 saturated carbocycles. The fourth-order valence-electron chi connectivity index (χ4n) is 3.25. The Balaban J connectivity index is 2.31. The van der Waals surface area contributed by atoms with Gasteiger partial charge in [0, 0.05) is 5.54 Å². The number of benzene rings is 2. The summed E-state index contributed by atoms with van der Waals surface area (Å²) in [7, 11) is -3.83. The summed E-state index contributed by atoms with van der Waals surface area (Å²) >= 11 is 5.84. The van der Waals surface area contributed by atoms with Gasteiger partial charge in [-0.1, -0.05) is 48.9 Å². The maximum Gasteiger partial charge on any atom is 0.244 e. The van der Waals surface area contributed by atoms with E-state index in [9.17, 15) is 17.6 Å². The molecule has 1 amide bonds. The highest BCUT2D eigenvalue weighted by Crippen LogP contribution is 2.27. The minimum absolute atomic E-state index is 0.141. The lowest BCUT2D eigenvalue weighted by Crippen LogP contribution is -2.55. The molecule has 1 atom stereocenters. The Kier molecular flexibility index (Phi) is 7.30. The number of halogens is 2. The van der Waals surface area contributed by atoms with Crippen LogP contribution in [0.4, 0.5) is 10.1 Å². The summed E-state index contributed by atoms with van der Waals surface area (Å²) in [4.78, 5) is 13.1. The summed E-state index contributed by atoms with van der Waals surface area (Å²) in [6.07, 6.45) is 1.82. The highest BCUT2D eigenvalue weighted by molar-refractivity contribution is 7.92. The number of sulfonamides is 1. The molecule has 0 heterocycles. The molecule has 0 aliphatic rings. The minimum Gasteiger partial charge on any atom is -0.349 e. The number of hydrogen-bond acceptors (Lipinski definition) is 3.